The summed E-state index contributed by atoms with van der Waals surface area (Å²) >= 11 is 0. The van der Waals surface area contributed by atoms with E-state index in [0.717, 1.165) is 0 Å². The summed E-state index contributed by atoms with van der Waals surface area (Å²) in [5.74, 6) is -0.209. The largest absolute Gasteiger partial charge is 0.464 e. The van der Waals surface area contributed by atoms with Gasteiger partial charge in [-0.05, 0) is 20.1 Å². The van der Waals surface area contributed by atoms with Crippen LogP contribution in [0.25, 0.3) is 0 Å². The quantitative estimate of drug-likeness (QED) is 0.507. The Morgan fingerprint density at radius 1 is 1.55 bits per heavy atom. The molecule has 0 unspecified atom stereocenters. The molecular formula is C7H14O2S2. The summed E-state index contributed by atoms with van der Waals surface area (Å²) in [6.07, 6.45) is 2.01. The van der Waals surface area contributed by atoms with E-state index in [1.807, 2.05) is 6.26 Å². The van der Waals surface area contributed by atoms with Crippen molar-refractivity contribution >= 4 is 27.6 Å². The van der Waals surface area contributed by atoms with Gasteiger partial charge in [0.1, 0.15) is 6.61 Å². The number of ether oxygens (including phenoxy) is 1. The van der Waals surface area contributed by atoms with Crippen molar-refractivity contribution in [2.45, 2.75) is 25.5 Å². The number of carbonyl (C=O) groups is 1. The molecule has 0 bridgehead atoms. The third-order valence-corrected chi connectivity index (χ3v) is 3.52. The minimum Gasteiger partial charge on any atom is -0.464 e. The Morgan fingerprint density at radius 2 is 2.09 bits per heavy atom. The number of hydrogen-bond acceptors (Lipinski definition) is 4. The topological polar surface area (TPSA) is 26.3 Å². The van der Waals surface area contributed by atoms with Crippen molar-refractivity contribution in [2.75, 3.05) is 12.9 Å². The first-order valence-electron chi connectivity index (χ1n) is 3.33. The van der Waals surface area contributed by atoms with Crippen LogP contribution in [0.1, 0.15) is 20.8 Å². The molecule has 0 aromatic rings. The van der Waals surface area contributed by atoms with Crippen molar-refractivity contribution in [3.05, 3.63) is 0 Å². The predicted molar refractivity (Wildman–Crippen MR) is 51.8 cm³/mol. The zero-order valence-electron chi connectivity index (χ0n) is 7.34. The van der Waals surface area contributed by atoms with Gasteiger partial charge < -0.3 is 4.74 Å². The van der Waals surface area contributed by atoms with Crippen molar-refractivity contribution < 1.29 is 9.53 Å². The van der Waals surface area contributed by atoms with E-state index in [2.05, 4.69) is 13.8 Å². The van der Waals surface area contributed by atoms with Gasteiger partial charge in [0.2, 0.25) is 0 Å². The SMILES string of the molecule is CSSC(C)(C)COC(C)=O. The van der Waals surface area contributed by atoms with Crippen molar-refractivity contribution in [3.8, 4) is 0 Å². The van der Waals surface area contributed by atoms with Gasteiger partial charge in [0.25, 0.3) is 0 Å². The van der Waals surface area contributed by atoms with E-state index in [1.54, 1.807) is 21.6 Å². The van der Waals surface area contributed by atoms with Gasteiger partial charge in [0.05, 0.1) is 4.75 Å². The van der Waals surface area contributed by atoms with E-state index in [4.69, 9.17) is 4.74 Å². The molecule has 0 amide bonds. The zero-order chi connectivity index (χ0) is 8.91. The molecule has 0 atom stereocenters. The van der Waals surface area contributed by atoms with E-state index in [9.17, 15) is 4.79 Å². The van der Waals surface area contributed by atoms with Gasteiger partial charge in [-0.15, -0.1) is 0 Å². The molecule has 0 aliphatic carbocycles. The van der Waals surface area contributed by atoms with Crippen LogP contribution in [0.4, 0.5) is 0 Å². The second kappa shape index (κ2) is 4.93. The van der Waals surface area contributed by atoms with Crippen LogP contribution in [0.3, 0.4) is 0 Å². The van der Waals surface area contributed by atoms with E-state index in [0.29, 0.717) is 6.61 Å². The van der Waals surface area contributed by atoms with Crippen LogP contribution in [0.2, 0.25) is 0 Å². The van der Waals surface area contributed by atoms with Crippen LogP contribution in [-0.2, 0) is 9.53 Å². The normalized spacial score (nSPS) is 11.3. The molecule has 0 spiro atoms. The first kappa shape index (κ1) is 11.2. The number of hydrogen-bond donors (Lipinski definition) is 0. The van der Waals surface area contributed by atoms with Gasteiger partial charge in [-0.25, -0.2) is 0 Å². The van der Waals surface area contributed by atoms with Crippen molar-refractivity contribution in [1.82, 2.24) is 0 Å². The molecule has 0 radical (unpaired) electrons. The van der Waals surface area contributed by atoms with E-state index in [1.165, 1.54) is 6.92 Å². The van der Waals surface area contributed by atoms with Crippen LogP contribution >= 0.6 is 21.6 Å². The molecule has 4 heteroatoms. The van der Waals surface area contributed by atoms with E-state index >= 15 is 0 Å². The van der Waals surface area contributed by atoms with E-state index in [-0.39, 0.29) is 10.7 Å². The number of rotatable bonds is 4. The Balaban J connectivity index is 3.63. The molecule has 0 rings (SSSR count). The van der Waals surface area contributed by atoms with Crippen molar-refractivity contribution in [1.29, 1.82) is 0 Å². The zero-order valence-corrected chi connectivity index (χ0v) is 8.97. The van der Waals surface area contributed by atoms with Crippen LogP contribution in [0.15, 0.2) is 0 Å². The molecule has 2 nitrogen and oxygen atoms in total. The summed E-state index contributed by atoms with van der Waals surface area (Å²) in [4.78, 5) is 10.5. The third-order valence-electron chi connectivity index (χ3n) is 0.932. The minimum atomic E-state index is -0.209. The fraction of sp³-hybridized carbons (Fsp3) is 0.857. The molecule has 66 valence electrons. The average molecular weight is 194 g/mol. The second-order valence-electron chi connectivity index (χ2n) is 2.79. The monoisotopic (exact) mass is 194 g/mol. The number of carbonyl (C=O) groups excluding carboxylic acids is 1. The first-order valence-corrected chi connectivity index (χ1v) is 5.89. The van der Waals surface area contributed by atoms with Gasteiger partial charge in [0, 0.05) is 6.92 Å². The predicted octanol–water partition coefficient (Wildman–Crippen LogP) is 2.34. The molecular weight excluding hydrogens is 180 g/mol. The molecule has 0 heterocycles. The molecule has 0 saturated heterocycles. The molecule has 11 heavy (non-hydrogen) atoms. The van der Waals surface area contributed by atoms with Crippen LogP contribution in [-0.4, -0.2) is 23.6 Å². The Morgan fingerprint density at radius 3 is 2.45 bits per heavy atom. The fourth-order valence-corrected chi connectivity index (χ4v) is 2.58. The molecule has 0 aromatic carbocycles. The molecule has 0 aliphatic rings. The van der Waals surface area contributed by atoms with Crippen LogP contribution < -0.4 is 0 Å². The average Bonchev–Trinajstić information content (AvgIpc) is 1.84. The lowest BCUT2D eigenvalue weighted by Crippen LogP contribution is -2.23. The third kappa shape index (κ3) is 6.56. The lowest BCUT2D eigenvalue weighted by Gasteiger charge is -2.21. The lowest BCUT2D eigenvalue weighted by molar-refractivity contribution is -0.141. The Kier molecular flexibility index (Phi) is 5.01. The van der Waals surface area contributed by atoms with Crippen molar-refractivity contribution in [2.24, 2.45) is 0 Å². The highest BCUT2D eigenvalue weighted by molar-refractivity contribution is 8.76. The van der Waals surface area contributed by atoms with Gasteiger partial charge >= 0.3 is 5.97 Å². The van der Waals surface area contributed by atoms with Crippen LogP contribution in [0, 0.1) is 0 Å². The molecule has 0 saturated carbocycles. The van der Waals surface area contributed by atoms with Gasteiger partial charge in [-0.3, -0.25) is 4.79 Å². The second-order valence-corrected chi connectivity index (χ2v) is 5.90. The Bertz CT molecular complexity index is 134. The lowest BCUT2D eigenvalue weighted by atomic mass is 10.2. The molecule has 0 aliphatic heterocycles. The summed E-state index contributed by atoms with van der Waals surface area (Å²) in [7, 11) is 3.40. The van der Waals surface area contributed by atoms with Gasteiger partial charge in [-0.1, -0.05) is 21.6 Å². The standard InChI is InChI=1S/C7H14O2S2/c1-6(8)9-5-7(2,3)11-10-4/h5H2,1-4H3. The van der Waals surface area contributed by atoms with Crippen LogP contribution in [0.5, 0.6) is 0 Å². The summed E-state index contributed by atoms with van der Waals surface area (Å²) in [5.41, 5.74) is 0. The maximum absolute atomic E-state index is 10.5. The maximum Gasteiger partial charge on any atom is 0.302 e. The summed E-state index contributed by atoms with van der Waals surface area (Å²) in [6, 6.07) is 0. The maximum atomic E-state index is 10.5. The fourth-order valence-electron chi connectivity index (χ4n) is 0.525. The first-order chi connectivity index (χ1) is 4.98. The van der Waals surface area contributed by atoms with Crippen molar-refractivity contribution in [3.63, 3.8) is 0 Å². The molecule has 0 aromatic heterocycles. The van der Waals surface area contributed by atoms with Gasteiger partial charge in [-0.2, -0.15) is 0 Å². The van der Waals surface area contributed by atoms with E-state index < -0.39 is 0 Å². The highest BCUT2D eigenvalue weighted by Gasteiger charge is 2.19. The number of esters is 1. The highest BCUT2D eigenvalue weighted by atomic mass is 33.1. The molecule has 0 fully saturated rings. The summed E-state index contributed by atoms with van der Waals surface area (Å²) < 4.78 is 4.91. The minimum absolute atomic E-state index is 0.0189. The smallest absolute Gasteiger partial charge is 0.302 e. The summed E-state index contributed by atoms with van der Waals surface area (Å²) in [5, 5.41) is 0. The Labute approximate surface area is 75.9 Å². The van der Waals surface area contributed by atoms with Gasteiger partial charge in [0.15, 0.2) is 0 Å². The summed E-state index contributed by atoms with van der Waals surface area (Å²) in [6.45, 7) is 6.02. The molecule has 0 N–H and O–H groups in total. The Hall–Kier alpha value is 0.170. The highest BCUT2D eigenvalue weighted by Crippen LogP contribution is 2.33.